The molecule has 1 aromatic rings. The topological polar surface area (TPSA) is 66.8 Å². The Bertz CT molecular complexity index is 746. The Kier molecular flexibility index (Phi) is 9.53. The zero-order valence-corrected chi connectivity index (χ0v) is 19.0. The number of ether oxygens (including phenoxy) is 1. The van der Waals surface area contributed by atoms with E-state index in [-0.39, 0.29) is 17.2 Å². The van der Waals surface area contributed by atoms with Crippen LogP contribution in [0.25, 0.3) is 0 Å². The number of carbonyl (C=O) groups excluding carboxylic acids is 2. The minimum absolute atomic E-state index is 0.117. The number of Topliss-reactive ketones (excluding diaryl/α,β-unsaturated/α-hetero) is 1. The summed E-state index contributed by atoms with van der Waals surface area (Å²) >= 11 is 6.52. The molecule has 0 aromatic heterocycles. The van der Waals surface area contributed by atoms with Gasteiger partial charge in [0.2, 0.25) is 0 Å². The number of aliphatic hydroxyl groups excluding tert-OH is 1. The van der Waals surface area contributed by atoms with Crippen molar-refractivity contribution in [3.05, 3.63) is 46.7 Å². The van der Waals surface area contributed by atoms with Crippen LogP contribution < -0.4 is 0 Å². The summed E-state index contributed by atoms with van der Waals surface area (Å²) in [6.45, 7) is 7.33. The van der Waals surface area contributed by atoms with Gasteiger partial charge in [-0.15, -0.1) is 0 Å². The number of ketones is 1. The SMILES string of the molecule is CC(=O)C(C)(C)CCCCCC(c1ccccc1Cl)N1CCC(O)C(=COC=O)C1. The molecule has 0 aliphatic carbocycles. The van der Waals surface area contributed by atoms with E-state index >= 15 is 0 Å². The number of aliphatic hydroxyl groups is 1. The zero-order valence-electron chi connectivity index (χ0n) is 18.3. The maximum Gasteiger partial charge on any atom is 0.297 e. The standard InChI is InChI=1S/C24H34ClNO4/c1-18(28)24(2,3)13-8-4-5-11-22(20-9-6-7-10-21(20)25)26-14-12-23(29)19(15-26)16-30-17-27/h6-7,9-10,16-17,22-23,29H,4-5,8,11-15H2,1-3H3. The third-order valence-electron chi connectivity index (χ3n) is 6.22. The van der Waals surface area contributed by atoms with Crippen molar-refractivity contribution in [1.82, 2.24) is 4.90 Å². The maximum atomic E-state index is 11.7. The van der Waals surface area contributed by atoms with Gasteiger partial charge in [0.05, 0.1) is 12.4 Å². The van der Waals surface area contributed by atoms with Crippen LogP contribution in [0.15, 0.2) is 36.1 Å². The van der Waals surface area contributed by atoms with Crippen molar-refractivity contribution in [2.75, 3.05) is 13.1 Å². The molecule has 0 saturated carbocycles. The van der Waals surface area contributed by atoms with Crippen LogP contribution in [0.2, 0.25) is 5.02 Å². The highest BCUT2D eigenvalue weighted by atomic mass is 35.5. The first-order valence-electron chi connectivity index (χ1n) is 10.7. The smallest absolute Gasteiger partial charge is 0.297 e. The number of nitrogens with zero attached hydrogens (tertiary/aromatic N) is 1. The summed E-state index contributed by atoms with van der Waals surface area (Å²) in [6, 6.07) is 8.00. The largest absolute Gasteiger partial charge is 0.437 e. The first-order chi connectivity index (χ1) is 14.3. The molecule has 1 fully saturated rings. The molecule has 0 radical (unpaired) electrons. The number of piperidine rings is 1. The minimum Gasteiger partial charge on any atom is -0.437 e. The molecular weight excluding hydrogens is 402 g/mol. The fraction of sp³-hybridized carbons (Fsp3) is 0.583. The van der Waals surface area contributed by atoms with Gasteiger partial charge in [0.25, 0.3) is 6.47 Å². The first-order valence-corrected chi connectivity index (χ1v) is 11.1. The van der Waals surface area contributed by atoms with Crippen molar-refractivity contribution in [3.63, 3.8) is 0 Å². The molecular formula is C24H34ClNO4. The van der Waals surface area contributed by atoms with Crippen molar-refractivity contribution < 1.29 is 19.4 Å². The van der Waals surface area contributed by atoms with E-state index in [1.807, 2.05) is 32.0 Å². The molecule has 0 bridgehead atoms. The van der Waals surface area contributed by atoms with Crippen LogP contribution in [0.1, 0.15) is 70.9 Å². The summed E-state index contributed by atoms with van der Waals surface area (Å²) in [7, 11) is 0. The van der Waals surface area contributed by atoms with Gasteiger partial charge in [-0.2, -0.15) is 0 Å². The number of hydrogen-bond acceptors (Lipinski definition) is 5. The Morgan fingerprint density at radius 3 is 2.73 bits per heavy atom. The predicted octanol–water partition coefficient (Wildman–Crippen LogP) is 5.07. The molecule has 2 rings (SSSR count). The molecule has 1 aromatic carbocycles. The lowest BCUT2D eigenvalue weighted by Gasteiger charge is -2.38. The lowest BCUT2D eigenvalue weighted by Crippen LogP contribution is -2.40. The average molecular weight is 436 g/mol. The molecule has 0 amide bonds. The van der Waals surface area contributed by atoms with Crippen LogP contribution in [-0.2, 0) is 14.3 Å². The maximum absolute atomic E-state index is 11.7. The lowest BCUT2D eigenvalue weighted by atomic mass is 9.83. The minimum atomic E-state index is -0.595. The summed E-state index contributed by atoms with van der Waals surface area (Å²) in [4.78, 5) is 24.6. The van der Waals surface area contributed by atoms with E-state index in [0.717, 1.165) is 49.2 Å². The summed E-state index contributed by atoms with van der Waals surface area (Å²) in [5.41, 5.74) is 1.52. The second-order valence-corrected chi connectivity index (χ2v) is 9.18. The van der Waals surface area contributed by atoms with Gasteiger partial charge in [0, 0.05) is 35.1 Å². The van der Waals surface area contributed by atoms with Gasteiger partial charge in [-0.3, -0.25) is 14.5 Å². The summed E-state index contributed by atoms with van der Waals surface area (Å²) in [5, 5.41) is 11.0. The highest BCUT2D eigenvalue weighted by Crippen LogP contribution is 2.35. The highest BCUT2D eigenvalue weighted by Gasteiger charge is 2.29. The molecule has 1 N–H and O–H groups in total. The number of likely N-dealkylation sites (tertiary alicyclic amines) is 1. The van der Waals surface area contributed by atoms with Gasteiger partial charge in [-0.1, -0.05) is 62.9 Å². The number of unbranched alkanes of at least 4 members (excludes halogenated alkanes) is 2. The van der Waals surface area contributed by atoms with Gasteiger partial charge < -0.3 is 9.84 Å². The number of halogens is 1. The lowest BCUT2D eigenvalue weighted by molar-refractivity contribution is -0.125. The van der Waals surface area contributed by atoms with E-state index < -0.39 is 6.10 Å². The van der Waals surface area contributed by atoms with Crippen LogP contribution in [0.4, 0.5) is 0 Å². The van der Waals surface area contributed by atoms with Crippen LogP contribution >= 0.6 is 11.6 Å². The fourth-order valence-corrected chi connectivity index (χ4v) is 4.19. The zero-order chi connectivity index (χ0) is 22.1. The molecule has 6 heteroatoms. The van der Waals surface area contributed by atoms with Gasteiger partial charge in [0.15, 0.2) is 0 Å². The Labute approximate surface area is 185 Å². The summed E-state index contributed by atoms with van der Waals surface area (Å²) < 4.78 is 4.78. The molecule has 1 saturated heterocycles. The van der Waals surface area contributed by atoms with E-state index in [0.29, 0.717) is 25.0 Å². The molecule has 1 aliphatic heterocycles. The highest BCUT2D eigenvalue weighted by molar-refractivity contribution is 6.31. The molecule has 1 heterocycles. The van der Waals surface area contributed by atoms with E-state index in [9.17, 15) is 14.7 Å². The van der Waals surface area contributed by atoms with Crippen LogP contribution in [0.3, 0.4) is 0 Å². The number of hydrogen-bond donors (Lipinski definition) is 1. The Hall–Kier alpha value is -1.69. The fourth-order valence-electron chi connectivity index (χ4n) is 3.93. The van der Waals surface area contributed by atoms with Crippen LogP contribution in [-0.4, -0.2) is 41.5 Å². The van der Waals surface area contributed by atoms with Gasteiger partial charge in [0.1, 0.15) is 5.78 Å². The van der Waals surface area contributed by atoms with Crippen molar-refractivity contribution in [2.45, 2.75) is 71.4 Å². The van der Waals surface area contributed by atoms with Gasteiger partial charge in [-0.25, -0.2) is 0 Å². The first kappa shape index (κ1) is 24.6. The molecule has 30 heavy (non-hydrogen) atoms. The second kappa shape index (κ2) is 11.6. The van der Waals surface area contributed by atoms with Crippen molar-refractivity contribution in [1.29, 1.82) is 0 Å². The Morgan fingerprint density at radius 2 is 2.07 bits per heavy atom. The molecule has 0 spiro atoms. The van der Waals surface area contributed by atoms with E-state index in [1.165, 1.54) is 6.26 Å². The van der Waals surface area contributed by atoms with Crippen molar-refractivity contribution in [3.8, 4) is 0 Å². The van der Waals surface area contributed by atoms with Gasteiger partial charge in [-0.05, 0) is 37.8 Å². The molecule has 2 unspecified atom stereocenters. The molecule has 1 aliphatic rings. The third kappa shape index (κ3) is 6.93. The molecule has 2 atom stereocenters. The molecule has 166 valence electrons. The Morgan fingerprint density at radius 1 is 1.33 bits per heavy atom. The van der Waals surface area contributed by atoms with E-state index in [4.69, 9.17) is 16.3 Å². The summed E-state index contributed by atoms with van der Waals surface area (Å²) in [6.07, 6.45) is 6.25. The van der Waals surface area contributed by atoms with Crippen LogP contribution in [0.5, 0.6) is 0 Å². The number of rotatable bonds is 11. The van der Waals surface area contributed by atoms with Crippen molar-refractivity contribution in [2.24, 2.45) is 5.41 Å². The summed E-state index contributed by atoms with van der Waals surface area (Å²) in [5.74, 6) is 0.236. The quantitative estimate of drug-likeness (QED) is 0.298. The predicted molar refractivity (Wildman–Crippen MR) is 119 cm³/mol. The second-order valence-electron chi connectivity index (χ2n) is 8.78. The number of benzene rings is 1. The third-order valence-corrected chi connectivity index (χ3v) is 6.56. The average Bonchev–Trinajstić information content (AvgIpc) is 2.71. The monoisotopic (exact) mass is 435 g/mol. The van der Waals surface area contributed by atoms with E-state index in [2.05, 4.69) is 11.0 Å². The Balaban J connectivity index is 2.06. The normalized spacial score (nSPS) is 20.2. The molecule has 5 nitrogen and oxygen atoms in total. The van der Waals surface area contributed by atoms with E-state index in [1.54, 1.807) is 6.92 Å². The van der Waals surface area contributed by atoms with Gasteiger partial charge >= 0.3 is 0 Å². The number of carbonyl (C=O) groups is 2. The van der Waals surface area contributed by atoms with Crippen molar-refractivity contribution >= 4 is 23.9 Å². The van der Waals surface area contributed by atoms with Crippen LogP contribution in [0, 0.1) is 5.41 Å².